The van der Waals surface area contributed by atoms with Gasteiger partial charge in [0.25, 0.3) is 0 Å². The number of thioether (sulfide) groups is 1. The van der Waals surface area contributed by atoms with Crippen LogP contribution < -0.4 is 9.47 Å². The van der Waals surface area contributed by atoms with Gasteiger partial charge in [-0.05, 0) is 58.8 Å². The van der Waals surface area contributed by atoms with Crippen LogP contribution in [0.5, 0.6) is 11.5 Å². The third-order valence-corrected chi connectivity index (χ3v) is 5.26. The van der Waals surface area contributed by atoms with Crippen molar-refractivity contribution in [1.29, 1.82) is 0 Å². The van der Waals surface area contributed by atoms with Gasteiger partial charge in [0.05, 0.1) is 11.5 Å². The molecule has 2 aromatic rings. The summed E-state index contributed by atoms with van der Waals surface area (Å²) in [4.78, 5) is 13.8. The lowest BCUT2D eigenvalue weighted by Crippen LogP contribution is -2.05. The fourth-order valence-electron chi connectivity index (χ4n) is 2.13. The molecule has 0 bridgehead atoms. The zero-order chi connectivity index (χ0) is 16.9. The molecule has 1 heterocycles. The highest BCUT2D eigenvalue weighted by Crippen LogP contribution is 2.36. The molecule has 0 aliphatic carbocycles. The molecule has 0 aromatic heterocycles. The van der Waals surface area contributed by atoms with E-state index in [0.717, 1.165) is 14.9 Å². The molecule has 1 aliphatic rings. The van der Waals surface area contributed by atoms with Gasteiger partial charge in [0.1, 0.15) is 0 Å². The molecule has 124 valence electrons. The van der Waals surface area contributed by atoms with Crippen LogP contribution in [0.4, 0.5) is 0 Å². The largest absolute Gasteiger partial charge is 0.462 e. The van der Waals surface area contributed by atoms with Gasteiger partial charge in [-0.1, -0.05) is 30.0 Å². The first-order valence-corrected chi connectivity index (χ1v) is 8.99. The van der Waals surface area contributed by atoms with Gasteiger partial charge in [-0.3, -0.25) is 0 Å². The Labute approximate surface area is 152 Å². The van der Waals surface area contributed by atoms with Crippen molar-refractivity contribution < 1.29 is 19.0 Å². The molecule has 0 spiro atoms. The van der Waals surface area contributed by atoms with E-state index in [1.807, 2.05) is 42.5 Å². The molecule has 0 N–H and O–H groups in total. The zero-order valence-corrected chi connectivity index (χ0v) is 15.4. The SMILES string of the molecule is CCOC(=O)/C(=C/c1ccc2c(c1)OCO2)Sc1ccccc1Br. The summed E-state index contributed by atoms with van der Waals surface area (Å²) in [5.74, 6) is 1.04. The summed E-state index contributed by atoms with van der Waals surface area (Å²) < 4.78 is 16.8. The van der Waals surface area contributed by atoms with Gasteiger partial charge in [0, 0.05) is 9.37 Å². The monoisotopic (exact) mass is 406 g/mol. The number of fused-ring (bicyclic) bond motifs is 1. The zero-order valence-electron chi connectivity index (χ0n) is 13.0. The first kappa shape index (κ1) is 16.9. The number of hydrogen-bond acceptors (Lipinski definition) is 5. The van der Waals surface area contributed by atoms with Gasteiger partial charge < -0.3 is 14.2 Å². The van der Waals surface area contributed by atoms with Crippen LogP contribution in [0.25, 0.3) is 6.08 Å². The minimum Gasteiger partial charge on any atom is -0.462 e. The predicted molar refractivity (Wildman–Crippen MR) is 97.2 cm³/mol. The minimum absolute atomic E-state index is 0.221. The number of rotatable bonds is 5. The Morgan fingerprint density at radius 3 is 2.83 bits per heavy atom. The average Bonchev–Trinajstić information content (AvgIpc) is 3.04. The second-order valence-corrected chi connectivity index (χ2v) is 6.81. The van der Waals surface area contributed by atoms with Crippen LogP contribution in [0.3, 0.4) is 0 Å². The van der Waals surface area contributed by atoms with Crippen molar-refractivity contribution in [1.82, 2.24) is 0 Å². The van der Waals surface area contributed by atoms with Crippen LogP contribution in [-0.4, -0.2) is 19.4 Å². The molecule has 0 fully saturated rings. The lowest BCUT2D eigenvalue weighted by Gasteiger charge is -2.09. The highest BCUT2D eigenvalue weighted by Gasteiger charge is 2.16. The molecule has 2 aromatic carbocycles. The minimum atomic E-state index is -0.351. The summed E-state index contributed by atoms with van der Waals surface area (Å²) in [6.45, 7) is 2.34. The molecular formula is C18H15BrO4S. The third kappa shape index (κ3) is 3.94. The summed E-state index contributed by atoms with van der Waals surface area (Å²) in [5.41, 5.74) is 0.849. The van der Waals surface area contributed by atoms with Crippen molar-refractivity contribution in [2.24, 2.45) is 0 Å². The Bertz CT molecular complexity index is 788. The van der Waals surface area contributed by atoms with Crippen LogP contribution in [0, 0.1) is 0 Å². The van der Waals surface area contributed by atoms with Crippen LogP contribution in [0.1, 0.15) is 12.5 Å². The van der Waals surface area contributed by atoms with Crippen LogP contribution >= 0.6 is 27.7 Å². The molecule has 0 radical (unpaired) electrons. The van der Waals surface area contributed by atoms with Crippen LogP contribution in [0.15, 0.2) is 56.7 Å². The van der Waals surface area contributed by atoms with Crippen molar-refractivity contribution in [2.75, 3.05) is 13.4 Å². The van der Waals surface area contributed by atoms with Gasteiger partial charge in [-0.25, -0.2) is 4.79 Å². The number of halogens is 1. The Morgan fingerprint density at radius 2 is 2.04 bits per heavy atom. The van der Waals surface area contributed by atoms with Gasteiger partial charge >= 0.3 is 5.97 Å². The maximum absolute atomic E-state index is 12.3. The lowest BCUT2D eigenvalue weighted by atomic mass is 10.2. The maximum atomic E-state index is 12.3. The number of carbonyl (C=O) groups is 1. The third-order valence-electron chi connectivity index (χ3n) is 3.23. The van der Waals surface area contributed by atoms with E-state index < -0.39 is 0 Å². The van der Waals surface area contributed by atoms with E-state index in [-0.39, 0.29) is 12.8 Å². The number of ether oxygens (including phenoxy) is 3. The Balaban J connectivity index is 1.92. The number of benzene rings is 2. The average molecular weight is 407 g/mol. The topological polar surface area (TPSA) is 44.8 Å². The first-order chi connectivity index (χ1) is 11.7. The standard InChI is InChI=1S/C18H15BrO4S/c1-2-21-18(20)17(24-16-6-4-3-5-13(16)19)10-12-7-8-14-15(9-12)23-11-22-14/h3-10H,2,11H2,1H3/b17-10-. The van der Waals surface area contributed by atoms with E-state index in [0.29, 0.717) is 23.0 Å². The summed E-state index contributed by atoms with van der Waals surface area (Å²) in [6, 6.07) is 13.3. The number of carbonyl (C=O) groups excluding carboxylic acids is 1. The molecule has 3 rings (SSSR count). The summed E-state index contributed by atoms with van der Waals surface area (Å²) in [5, 5.41) is 0. The molecular weight excluding hydrogens is 392 g/mol. The van der Waals surface area contributed by atoms with E-state index in [9.17, 15) is 4.79 Å². The summed E-state index contributed by atoms with van der Waals surface area (Å²) in [7, 11) is 0. The van der Waals surface area contributed by atoms with Crippen molar-refractivity contribution in [3.8, 4) is 11.5 Å². The van der Waals surface area contributed by atoms with E-state index in [2.05, 4.69) is 15.9 Å². The fourth-order valence-corrected chi connectivity index (χ4v) is 3.55. The molecule has 0 atom stereocenters. The lowest BCUT2D eigenvalue weighted by molar-refractivity contribution is -0.137. The van der Waals surface area contributed by atoms with E-state index in [1.54, 1.807) is 13.0 Å². The summed E-state index contributed by atoms with van der Waals surface area (Å²) >= 11 is 4.86. The molecule has 1 aliphatic heterocycles. The first-order valence-electron chi connectivity index (χ1n) is 7.38. The Kier molecular flexibility index (Phi) is 5.48. The van der Waals surface area contributed by atoms with Gasteiger partial charge in [0.15, 0.2) is 11.5 Å². The Hall–Kier alpha value is -1.92. The number of esters is 1. The van der Waals surface area contributed by atoms with E-state index >= 15 is 0 Å². The van der Waals surface area contributed by atoms with Crippen molar-refractivity contribution in [3.63, 3.8) is 0 Å². The van der Waals surface area contributed by atoms with Crippen LogP contribution in [-0.2, 0) is 9.53 Å². The second-order valence-electron chi connectivity index (χ2n) is 4.87. The highest BCUT2D eigenvalue weighted by molar-refractivity contribution is 9.10. The number of hydrogen-bond donors (Lipinski definition) is 0. The van der Waals surface area contributed by atoms with Crippen molar-refractivity contribution in [2.45, 2.75) is 11.8 Å². The molecule has 24 heavy (non-hydrogen) atoms. The smallest absolute Gasteiger partial charge is 0.344 e. The molecule has 0 unspecified atom stereocenters. The molecule has 0 saturated heterocycles. The van der Waals surface area contributed by atoms with Gasteiger partial charge in [-0.2, -0.15) is 0 Å². The quantitative estimate of drug-likeness (QED) is 0.402. The van der Waals surface area contributed by atoms with Crippen molar-refractivity contribution >= 4 is 39.7 Å². The normalized spacial score (nSPS) is 13.0. The molecule has 0 amide bonds. The second kappa shape index (κ2) is 7.77. The molecule has 0 saturated carbocycles. The van der Waals surface area contributed by atoms with Crippen LogP contribution in [0.2, 0.25) is 0 Å². The predicted octanol–water partition coefficient (Wildman–Crippen LogP) is 4.87. The molecule has 4 nitrogen and oxygen atoms in total. The van der Waals surface area contributed by atoms with Crippen molar-refractivity contribution in [3.05, 3.63) is 57.4 Å². The van der Waals surface area contributed by atoms with Gasteiger partial charge in [0.2, 0.25) is 6.79 Å². The Morgan fingerprint density at radius 1 is 1.25 bits per heavy atom. The van der Waals surface area contributed by atoms with Gasteiger partial charge in [-0.15, -0.1) is 0 Å². The maximum Gasteiger partial charge on any atom is 0.344 e. The molecule has 6 heteroatoms. The summed E-state index contributed by atoms with van der Waals surface area (Å²) in [6.07, 6.45) is 1.80. The van der Waals surface area contributed by atoms with E-state index in [4.69, 9.17) is 14.2 Å². The fraction of sp³-hybridized carbons (Fsp3) is 0.167. The highest BCUT2D eigenvalue weighted by atomic mass is 79.9. The van der Waals surface area contributed by atoms with E-state index in [1.165, 1.54) is 11.8 Å².